The minimum atomic E-state index is -0.715. The summed E-state index contributed by atoms with van der Waals surface area (Å²) in [6.07, 6.45) is 2.50. The summed E-state index contributed by atoms with van der Waals surface area (Å²) in [5.74, 6) is -0.973. The molecule has 0 aliphatic heterocycles. The van der Waals surface area contributed by atoms with Gasteiger partial charge in [-0.05, 0) is 12.3 Å². The molecule has 0 radical (unpaired) electrons. The molecule has 144 valence electrons. The summed E-state index contributed by atoms with van der Waals surface area (Å²) in [6, 6.07) is 3.17. The van der Waals surface area contributed by atoms with Crippen molar-refractivity contribution in [2.75, 3.05) is 19.8 Å². The molecule has 0 spiro atoms. The van der Waals surface area contributed by atoms with Gasteiger partial charge in [0.1, 0.15) is 19.4 Å². The Hall–Kier alpha value is -2.32. The third-order valence-corrected chi connectivity index (χ3v) is 4.09. The molecule has 8 heteroatoms. The molecule has 2 rings (SSSR count). The largest absolute Gasteiger partial charge is 0.463 e. The molecule has 3 N–H and O–H groups in total. The predicted molar refractivity (Wildman–Crippen MR) is 96.3 cm³/mol. The Bertz CT molecular complexity index is 734. The molecule has 1 amide bonds. The second-order valence-corrected chi connectivity index (χ2v) is 6.29. The van der Waals surface area contributed by atoms with E-state index in [4.69, 9.17) is 19.6 Å². The van der Waals surface area contributed by atoms with Crippen LogP contribution in [0, 0.1) is 5.92 Å². The van der Waals surface area contributed by atoms with Gasteiger partial charge in [-0.15, -0.1) is 0 Å². The molecule has 1 atom stereocenters. The van der Waals surface area contributed by atoms with Crippen LogP contribution in [-0.4, -0.2) is 42.2 Å². The van der Waals surface area contributed by atoms with E-state index in [2.05, 4.69) is 12.2 Å². The van der Waals surface area contributed by atoms with Crippen LogP contribution in [0.3, 0.4) is 0 Å². The smallest absolute Gasteiger partial charge is 0.328 e. The quantitative estimate of drug-likeness (QED) is 0.487. The zero-order valence-electron chi connectivity index (χ0n) is 15.5. The standard InChI is InChI=1S/C18H27N3O5/c1-4-13-9-15-14(5-6-25-15)21(13)11-24-7-8-26-18(23)17(12(2)3)20-16(22)10-19/h5-6,9,12,17H,4,7-8,10-11,19H2,1-3H3,(H,20,22)/t17-/m0/s1. The molecular weight excluding hydrogens is 338 g/mol. The summed E-state index contributed by atoms with van der Waals surface area (Å²) in [6.45, 7) is 6.26. The van der Waals surface area contributed by atoms with E-state index in [-0.39, 0.29) is 31.6 Å². The first kappa shape index (κ1) is 20.0. The molecule has 0 bridgehead atoms. The number of aromatic nitrogens is 1. The maximum Gasteiger partial charge on any atom is 0.328 e. The highest BCUT2D eigenvalue weighted by molar-refractivity contribution is 5.85. The molecule has 2 aromatic rings. The van der Waals surface area contributed by atoms with Crippen molar-refractivity contribution < 1.29 is 23.5 Å². The van der Waals surface area contributed by atoms with Gasteiger partial charge in [0.2, 0.25) is 5.91 Å². The van der Waals surface area contributed by atoms with Gasteiger partial charge in [-0.2, -0.15) is 0 Å². The van der Waals surface area contributed by atoms with Crippen LogP contribution in [0.25, 0.3) is 11.1 Å². The molecule has 2 aromatic heterocycles. The lowest BCUT2D eigenvalue weighted by molar-refractivity contribution is -0.150. The van der Waals surface area contributed by atoms with E-state index in [1.807, 2.05) is 30.5 Å². The Labute approximate surface area is 152 Å². The van der Waals surface area contributed by atoms with E-state index in [1.165, 1.54) is 0 Å². The van der Waals surface area contributed by atoms with Gasteiger partial charge in [0.25, 0.3) is 0 Å². The number of nitrogens with one attached hydrogen (secondary N) is 1. The maximum atomic E-state index is 12.1. The van der Waals surface area contributed by atoms with Crippen LogP contribution in [0.15, 0.2) is 22.8 Å². The average molecular weight is 365 g/mol. The Morgan fingerprint density at radius 3 is 2.77 bits per heavy atom. The summed E-state index contributed by atoms with van der Waals surface area (Å²) in [4.78, 5) is 23.5. The van der Waals surface area contributed by atoms with E-state index in [9.17, 15) is 9.59 Å². The summed E-state index contributed by atoms with van der Waals surface area (Å²) in [5.41, 5.74) is 8.18. The molecule has 0 aromatic carbocycles. The van der Waals surface area contributed by atoms with Crippen LogP contribution in [0.4, 0.5) is 0 Å². The number of nitrogens with two attached hydrogens (primary N) is 1. The van der Waals surface area contributed by atoms with Crippen LogP contribution < -0.4 is 11.1 Å². The van der Waals surface area contributed by atoms with Gasteiger partial charge < -0.3 is 29.5 Å². The van der Waals surface area contributed by atoms with Gasteiger partial charge in [0.05, 0.1) is 24.9 Å². The zero-order chi connectivity index (χ0) is 19.1. The fraction of sp³-hybridized carbons (Fsp3) is 0.556. The van der Waals surface area contributed by atoms with Crippen molar-refractivity contribution in [3.05, 3.63) is 24.1 Å². The minimum absolute atomic E-state index is 0.0970. The van der Waals surface area contributed by atoms with E-state index >= 15 is 0 Å². The normalized spacial score (nSPS) is 12.5. The van der Waals surface area contributed by atoms with Gasteiger partial charge in [0.15, 0.2) is 5.58 Å². The third-order valence-electron chi connectivity index (χ3n) is 4.09. The number of carbonyl (C=O) groups excluding carboxylic acids is 2. The molecule has 0 unspecified atom stereocenters. The van der Waals surface area contributed by atoms with Crippen LogP contribution in [0.5, 0.6) is 0 Å². The van der Waals surface area contributed by atoms with Crippen molar-refractivity contribution in [2.45, 2.75) is 40.0 Å². The first-order chi connectivity index (χ1) is 12.5. The Morgan fingerprint density at radius 2 is 2.12 bits per heavy atom. The molecule has 8 nitrogen and oxygen atoms in total. The number of hydrogen-bond donors (Lipinski definition) is 2. The second kappa shape index (κ2) is 9.40. The molecule has 0 saturated heterocycles. The summed E-state index contributed by atoms with van der Waals surface area (Å²) in [7, 11) is 0. The lowest BCUT2D eigenvalue weighted by Crippen LogP contribution is -2.47. The Kier molecular flexibility index (Phi) is 7.23. The van der Waals surface area contributed by atoms with Crippen molar-refractivity contribution in [3.8, 4) is 0 Å². The first-order valence-electron chi connectivity index (χ1n) is 8.77. The van der Waals surface area contributed by atoms with Gasteiger partial charge in [-0.1, -0.05) is 20.8 Å². The van der Waals surface area contributed by atoms with Gasteiger partial charge >= 0.3 is 5.97 Å². The first-order valence-corrected chi connectivity index (χ1v) is 8.77. The van der Waals surface area contributed by atoms with Gasteiger partial charge in [-0.3, -0.25) is 4.79 Å². The van der Waals surface area contributed by atoms with Crippen molar-refractivity contribution in [1.29, 1.82) is 0 Å². The number of furan rings is 1. The summed E-state index contributed by atoms with van der Waals surface area (Å²) in [5, 5.41) is 2.57. The predicted octanol–water partition coefficient (Wildman–Crippen LogP) is 1.41. The highest BCUT2D eigenvalue weighted by Gasteiger charge is 2.25. The van der Waals surface area contributed by atoms with Crippen molar-refractivity contribution in [3.63, 3.8) is 0 Å². The SMILES string of the molecule is CCc1cc2occc2n1COCCOC(=O)[C@@H](NC(=O)CN)C(C)C. The van der Waals surface area contributed by atoms with Crippen molar-refractivity contribution in [2.24, 2.45) is 11.7 Å². The Balaban J connectivity index is 1.79. The third kappa shape index (κ3) is 4.86. The number of aryl methyl sites for hydroxylation is 1. The second-order valence-electron chi connectivity index (χ2n) is 6.29. The molecule has 26 heavy (non-hydrogen) atoms. The highest BCUT2D eigenvalue weighted by Crippen LogP contribution is 2.21. The lowest BCUT2D eigenvalue weighted by Gasteiger charge is -2.20. The minimum Gasteiger partial charge on any atom is -0.463 e. The Morgan fingerprint density at radius 1 is 1.35 bits per heavy atom. The van der Waals surface area contributed by atoms with E-state index < -0.39 is 12.0 Å². The molecule has 0 saturated carbocycles. The monoisotopic (exact) mass is 365 g/mol. The maximum absolute atomic E-state index is 12.1. The van der Waals surface area contributed by atoms with Crippen LogP contribution in [0.1, 0.15) is 26.5 Å². The van der Waals surface area contributed by atoms with Gasteiger partial charge in [0, 0.05) is 17.8 Å². The van der Waals surface area contributed by atoms with E-state index in [1.54, 1.807) is 6.26 Å². The average Bonchev–Trinajstić information content (AvgIpc) is 3.20. The van der Waals surface area contributed by atoms with Crippen LogP contribution in [0.2, 0.25) is 0 Å². The number of rotatable bonds is 10. The zero-order valence-corrected chi connectivity index (χ0v) is 15.5. The number of fused-ring (bicyclic) bond motifs is 1. The number of hydrogen-bond acceptors (Lipinski definition) is 6. The van der Waals surface area contributed by atoms with E-state index in [0.29, 0.717) is 6.73 Å². The molecule has 2 heterocycles. The number of carbonyl (C=O) groups is 2. The van der Waals surface area contributed by atoms with Crippen LogP contribution in [-0.2, 0) is 32.2 Å². The van der Waals surface area contributed by atoms with Crippen molar-refractivity contribution in [1.82, 2.24) is 9.88 Å². The molecular formula is C18H27N3O5. The summed E-state index contributed by atoms with van der Waals surface area (Å²) >= 11 is 0. The van der Waals surface area contributed by atoms with Crippen molar-refractivity contribution >= 4 is 23.0 Å². The highest BCUT2D eigenvalue weighted by atomic mass is 16.6. The van der Waals surface area contributed by atoms with Crippen LogP contribution >= 0.6 is 0 Å². The molecule has 0 aliphatic carbocycles. The number of esters is 1. The fourth-order valence-corrected chi connectivity index (χ4v) is 2.65. The van der Waals surface area contributed by atoms with E-state index in [0.717, 1.165) is 23.2 Å². The topological polar surface area (TPSA) is 109 Å². The van der Waals surface area contributed by atoms with Gasteiger partial charge in [-0.25, -0.2) is 4.79 Å². The number of ether oxygens (including phenoxy) is 2. The molecule has 0 fully saturated rings. The lowest BCUT2D eigenvalue weighted by atomic mass is 10.0. The molecule has 0 aliphatic rings. The number of amides is 1. The number of nitrogens with zero attached hydrogens (tertiary/aromatic N) is 1. The fourth-order valence-electron chi connectivity index (χ4n) is 2.65. The summed E-state index contributed by atoms with van der Waals surface area (Å²) < 4.78 is 18.3.